The van der Waals surface area contributed by atoms with Crippen LogP contribution in [0.15, 0.2) is 23.0 Å². The lowest BCUT2D eigenvalue weighted by Gasteiger charge is -2.32. The second-order valence-corrected chi connectivity index (χ2v) is 5.55. The van der Waals surface area contributed by atoms with Gasteiger partial charge in [0, 0.05) is 32.5 Å². The molecule has 0 radical (unpaired) electrons. The van der Waals surface area contributed by atoms with Gasteiger partial charge >= 0.3 is 0 Å². The maximum absolute atomic E-state index is 12.2. The first-order chi connectivity index (χ1) is 10.2. The van der Waals surface area contributed by atoms with Gasteiger partial charge in [-0.15, -0.1) is 0 Å². The lowest BCUT2D eigenvalue weighted by Crippen LogP contribution is -2.37. The Hall–Kier alpha value is -2.08. The van der Waals surface area contributed by atoms with Crippen LogP contribution in [0.3, 0.4) is 0 Å². The normalized spacial score (nSPS) is 16.5. The highest BCUT2D eigenvalue weighted by Crippen LogP contribution is 2.21. The van der Waals surface area contributed by atoms with Gasteiger partial charge in [-0.1, -0.05) is 0 Å². The van der Waals surface area contributed by atoms with Gasteiger partial charge in [-0.05, 0) is 37.0 Å². The number of aromatic amines is 1. The Morgan fingerprint density at radius 1 is 1.43 bits per heavy atom. The predicted octanol–water partition coefficient (Wildman–Crippen LogP) is 1.37. The molecule has 0 amide bonds. The Morgan fingerprint density at radius 3 is 2.90 bits per heavy atom. The second-order valence-electron chi connectivity index (χ2n) is 5.55. The third-order valence-corrected chi connectivity index (χ3v) is 4.03. The number of anilines is 2. The van der Waals surface area contributed by atoms with Gasteiger partial charge in [0.1, 0.15) is 0 Å². The standard InChI is InChI=1S/C15H20N4O2/c1-21-9-10-4-6-19(7-5-10)15-17-13-3-2-11(16)8-12(13)14(20)18-15/h2-3,8,10H,4-7,9,16H2,1H3,(H,17,18,20). The number of H-pyrrole nitrogens is 1. The van der Waals surface area contributed by atoms with Crippen molar-refractivity contribution in [1.29, 1.82) is 0 Å². The highest BCUT2D eigenvalue weighted by atomic mass is 16.5. The van der Waals surface area contributed by atoms with Gasteiger partial charge in [-0.3, -0.25) is 9.78 Å². The van der Waals surface area contributed by atoms with Crippen LogP contribution < -0.4 is 16.2 Å². The van der Waals surface area contributed by atoms with Crippen molar-refractivity contribution >= 4 is 22.5 Å². The van der Waals surface area contributed by atoms with Crippen LogP contribution in [-0.2, 0) is 4.74 Å². The van der Waals surface area contributed by atoms with E-state index in [0.717, 1.165) is 32.5 Å². The van der Waals surface area contributed by atoms with Gasteiger partial charge in [0.25, 0.3) is 5.56 Å². The monoisotopic (exact) mass is 288 g/mol. The summed E-state index contributed by atoms with van der Waals surface area (Å²) in [4.78, 5) is 21.7. The molecule has 2 heterocycles. The van der Waals surface area contributed by atoms with Crippen LogP contribution in [0.1, 0.15) is 12.8 Å². The molecule has 0 aliphatic carbocycles. The topological polar surface area (TPSA) is 84.2 Å². The molecule has 3 rings (SSSR count). The number of benzene rings is 1. The van der Waals surface area contributed by atoms with Crippen LogP contribution in [0.25, 0.3) is 10.9 Å². The molecule has 112 valence electrons. The van der Waals surface area contributed by atoms with E-state index in [1.165, 1.54) is 0 Å². The Morgan fingerprint density at radius 2 is 2.19 bits per heavy atom. The average Bonchev–Trinajstić information content (AvgIpc) is 2.49. The molecule has 1 saturated heterocycles. The quantitative estimate of drug-likeness (QED) is 0.833. The van der Waals surface area contributed by atoms with Gasteiger partial charge in [-0.2, -0.15) is 0 Å². The van der Waals surface area contributed by atoms with Crippen molar-refractivity contribution in [1.82, 2.24) is 9.97 Å². The SMILES string of the molecule is COCC1CCN(c2nc3ccc(N)cc3c(=O)[nH]2)CC1. The maximum atomic E-state index is 12.2. The smallest absolute Gasteiger partial charge is 0.260 e. The third-order valence-electron chi connectivity index (χ3n) is 4.03. The molecular formula is C15H20N4O2. The summed E-state index contributed by atoms with van der Waals surface area (Å²) in [6.07, 6.45) is 2.11. The molecule has 21 heavy (non-hydrogen) atoms. The van der Waals surface area contributed by atoms with E-state index in [4.69, 9.17) is 10.5 Å². The van der Waals surface area contributed by atoms with E-state index in [0.29, 0.717) is 28.5 Å². The van der Waals surface area contributed by atoms with Crippen LogP contribution in [0.2, 0.25) is 0 Å². The molecule has 0 bridgehead atoms. The molecule has 0 unspecified atom stereocenters. The molecule has 0 spiro atoms. The van der Waals surface area contributed by atoms with Gasteiger partial charge in [-0.25, -0.2) is 4.98 Å². The van der Waals surface area contributed by atoms with Crippen LogP contribution in [0, 0.1) is 5.92 Å². The number of aromatic nitrogens is 2. The van der Waals surface area contributed by atoms with Gasteiger partial charge < -0.3 is 15.4 Å². The van der Waals surface area contributed by atoms with Crippen molar-refractivity contribution in [2.45, 2.75) is 12.8 Å². The number of nitrogens with two attached hydrogens (primary N) is 1. The number of methoxy groups -OCH3 is 1. The number of fused-ring (bicyclic) bond motifs is 1. The molecule has 0 atom stereocenters. The molecule has 6 nitrogen and oxygen atoms in total. The molecule has 0 saturated carbocycles. The zero-order valence-corrected chi connectivity index (χ0v) is 12.1. The molecule has 1 aromatic heterocycles. The minimum atomic E-state index is -0.138. The first-order valence-corrected chi connectivity index (χ1v) is 7.21. The first kappa shape index (κ1) is 13.9. The summed E-state index contributed by atoms with van der Waals surface area (Å²) in [6, 6.07) is 5.22. The number of hydrogen-bond acceptors (Lipinski definition) is 5. The summed E-state index contributed by atoms with van der Waals surface area (Å²) in [7, 11) is 1.74. The minimum absolute atomic E-state index is 0.138. The van der Waals surface area contributed by atoms with E-state index in [-0.39, 0.29) is 5.56 Å². The van der Waals surface area contributed by atoms with E-state index in [9.17, 15) is 4.79 Å². The molecule has 2 aromatic rings. The fourth-order valence-electron chi connectivity index (χ4n) is 2.84. The predicted molar refractivity (Wildman–Crippen MR) is 83.6 cm³/mol. The van der Waals surface area contributed by atoms with Crippen LogP contribution in [0.4, 0.5) is 11.6 Å². The van der Waals surface area contributed by atoms with Crippen molar-refractivity contribution in [2.24, 2.45) is 5.92 Å². The van der Waals surface area contributed by atoms with Crippen molar-refractivity contribution in [3.05, 3.63) is 28.6 Å². The molecule has 1 fully saturated rings. The van der Waals surface area contributed by atoms with Crippen molar-refractivity contribution in [3.63, 3.8) is 0 Å². The van der Waals surface area contributed by atoms with Crippen LogP contribution >= 0.6 is 0 Å². The molecule has 1 aliphatic rings. The zero-order valence-electron chi connectivity index (χ0n) is 12.1. The van der Waals surface area contributed by atoms with E-state index in [1.807, 2.05) is 0 Å². The lowest BCUT2D eigenvalue weighted by molar-refractivity contribution is 0.139. The Bertz CT molecular complexity index is 690. The van der Waals surface area contributed by atoms with Crippen LogP contribution in [-0.4, -0.2) is 36.8 Å². The maximum Gasteiger partial charge on any atom is 0.260 e. The number of nitrogen functional groups attached to an aromatic ring is 1. The fourth-order valence-corrected chi connectivity index (χ4v) is 2.84. The Balaban J connectivity index is 1.85. The fraction of sp³-hybridized carbons (Fsp3) is 0.467. The van der Waals surface area contributed by atoms with Crippen molar-refractivity contribution in [3.8, 4) is 0 Å². The summed E-state index contributed by atoms with van der Waals surface area (Å²) < 4.78 is 5.21. The molecule has 6 heteroatoms. The van der Waals surface area contributed by atoms with Gasteiger partial charge in [0.2, 0.25) is 5.95 Å². The third kappa shape index (κ3) is 2.85. The summed E-state index contributed by atoms with van der Waals surface area (Å²) in [5, 5.41) is 0.535. The van der Waals surface area contributed by atoms with E-state index in [2.05, 4.69) is 14.9 Å². The first-order valence-electron chi connectivity index (χ1n) is 7.21. The van der Waals surface area contributed by atoms with E-state index < -0.39 is 0 Å². The lowest BCUT2D eigenvalue weighted by atomic mass is 9.98. The number of ether oxygens (including phenoxy) is 1. The summed E-state index contributed by atoms with van der Waals surface area (Å²) in [6.45, 7) is 2.57. The highest BCUT2D eigenvalue weighted by molar-refractivity contribution is 5.81. The summed E-state index contributed by atoms with van der Waals surface area (Å²) in [5.41, 5.74) is 6.83. The number of nitrogens with zero attached hydrogens (tertiary/aromatic N) is 2. The number of rotatable bonds is 3. The minimum Gasteiger partial charge on any atom is -0.399 e. The van der Waals surface area contributed by atoms with E-state index >= 15 is 0 Å². The molecule has 1 aromatic carbocycles. The largest absolute Gasteiger partial charge is 0.399 e. The zero-order chi connectivity index (χ0) is 14.8. The molecule has 1 aliphatic heterocycles. The van der Waals surface area contributed by atoms with Gasteiger partial charge in [0.15, 0.2) is 0 Å². The summed E-state index contributed by atoms with van der Waals surface area (Å²) in [5.74, 6) is 1.24. The number of hydrogen-bond donors (Lipinski definition) is 2. The summed E-state index contributed by atoms with van der Waals surface area (Å²) >= 11 is 0. The van der Waals surface area contributed by atoms with Crippen molar-refractivity contribution in [2.75, 3.05) is 37.4 Å². The number of piperidine rings is 1. The Kier molecular flexibility index (Phi) is 3.79. The molecular weight excluding hydrogens is 268 g/mol. The van der Waals surface area contributed by atoms with Crippen LogP contribution in [0.5, 0.6) is 0 Å². The second kappa shape index (κ2) is 5.73. The average molecular weight is 288 g/mol. The van der Waals surface area contributed by atoms with Crippen molar-refractivity contribution < 1.29 is 4.74 Å². The van der Waals surface area contributed by atoms with E-state index in [1.54, 1.807) is 25.3 Å². The Labute approximate surface area is 122 Å². The van der Waals surface area contributed by atoms with Gasteiger partial charge in [0.05, 0.1) is 10.9 Å². The molecule has 3 N–H and O–H groups in total. The number of nitrogens with one attached hydrogen (secondary N) is 1. The highest BCUT2D eigenvalue weighted by Gasteiger charge is 2.21.